The molecule has 1 fully saturated rings. The minimum Gasteiger partial charge on any atom is -0.376 e. The minimum absolute atomic E-state index is 0.0912. The Bertz CT molecular complexity index is 633. The maximum absolute atomic E-state index is 12.6. The molecule has 1 unspecified atom stereocenters. The maximum Gasteiger partial charge on any atom is 0.287 e. The van der Waals surface area contributed by atoms with Gasteiger partial charge in [-0.2, -0.15) is 0 Å². The predicted octanol–water partition coefficient (Wildman–Crippen LogP) is 1.51. The van der Waals surface area contributed by atoms with Crippen molar-refractivity contribution in [2.24, 2.45) is 5.92 Å². The molecule has 2 N–H and O–H groups in total. The Labute approximate surface area is 148 Å². The quantitative estimate of drug-likeness (QED) is 0.816. The van der Waals surface area contributed by atoms with E-state index < -0.39 is 0 Å². The molecule has 7 heteroatoms. The van der Waals surface area contributed by atoms with Gasteiger partial charge in [-0.05, 0) is 38.0 Å². The second-order valence-electron chi connectivity index (χ2n) is 7.29. The zero-order chi connectivity index (χ0) is 17.8. The Morgan fingerprint density at radius 1 is 1.24 bits per heavy atom. The standard InChI is InChI=1S/C18H28N4O3/c1-12(2)10-19-17(23)15-14-7-3-4-8-22(14)16(21-15)18(24)20-11-13-6-5-9-25-13/h12-13H,3-11H2,1-2H3,(H,19,23)(H,20,24). The molecule has 7 nitrogen and oxygen atoms in total. The van der Waals surface area contributed by atoms with Gasteiger partial charge in [0.1, 0.15) is 5.69 Å². The van der Waals surface area contributed by atoms with Crippen LogP contribution < -0.4 is 10.6 Å². The van der Waals surface area contributed by atoms with Crippen molar-refractivity contribution in [1.29, 1.82) is 0 Å². The molecular formula is C18H28N4O3. The van der Waals surface area contributed by atoms with E-state index in [0.29, 0.717) is 30.5 Å². The molecule has 3 heterocycles. The van der Waals surface area contributed by atoms with Gasteiger partial charge in [0.2, 0.25) is 0 Å². The van der Waals surface area contributed by atoms with Gasteiger partial charge < -0.3 is 19.9 Å². The summed E-state index contributed by atoms with van der Waals surface area (Å²) in [5.41, 5.74) is 1.29. The van der Waals surface area contributed by atoms with Crippen molar-refractivity contribution < 1.29 is 14.3 Å². The first kappa shape index (κ1) is 17.9. The lowest BCUT2D eigenvalue weighted by atomic mass is 10.1. The summed E-state index contributed by atoms with van der Waals surface area (Å²) in [7, 11) is 0. The van der Waals surface area contributed by atoms with Gasteiger partial charge in [0.05, 0.1) is 11.8 Å². The summed E-state index contributed by atoms with van der Waals surface area (Å²) in [6.07, 6.45) is 4.92. The minimum atomic E-state index is -0.221. The Morgan fingerprint density at radius 2 is 2.08 bits per heavy atom. The van der Waals surface area contributed by atoms with Crippen LogP contribution in [0.4, 0.5) is 0 Å². The van der Waals surface area contributed by atoms with E-state index in [4.69, 9.17) is 4.74 Å². The first-order valence-electron chi connectivity index (χ1n) is 9.33. The highest BCUT2D eigenvalue weighted by molar-refractivity contribution is 5.97. The van der Waals surface area contributed by atoms with E-state index in [1.54, 1.807) is 0 Å². The summed E-state index contributed by atoms with van der Waals surface area (Å²) in [5.74, 6) is 0.318. The number of ether oxygens (including phenoxy) is 1. The molecule has 1 saturated heterocycles. The molecule has 0 saturated carbocycles. The lowest BCUT2D eigenvalue weighted by Crippen LogP contribution is -2.34. The second kappa shape index (κ2) is 7.99. The summed E-state index contributed by atoms with van der Waals surface area (Å²) in [6.45, 7) is 6.70. The monoisotopic (exact) mass is 348 g/mol. The Hall–Kier alpha value is -1.89. The zero-order valence-electron chi connectivity index (χ0n) is 15.1. The van der Waals surface area contributed by atoms with E-state index >= 15 is 0 Å². The van der Waals surface area contributed by atoms with Crippen molar-refractivity contribution in [3.05, 3.63) is 17.2 Å². The van der Waals surface area contributed by atoms with Crippen LogP contribution in [0.2, 0.25) is 0 Å². The van der Waals surface area contributed by atoms with E-state index in [9.17, 15) is 9.59 Å². The van der Waals surface area contributed by atoms with Gasteiger partial charge in [-0.3, -0.25) is 9.59 Å². The van der Waals surface area contributed by atoms with Crippen LogP contribution in [0.3, 0.4) is 0 Å². The molecule has 0 aromatic carbocycles. The number of nitrogens with one attached hydrogen (secondary N) is 2. The Balaban J connectivity index is 1.74. The highest BCUT2D eigenvalue weighted by Gasteiger charge is 2.28. The molecule has 2 aliphatic heterocycles. The molecule has 3 rings (SSSR count). The Kier molecular flexibility index (Phi) is 5.73. The molecule has 1 atom stereocenters. The molecule has 0 aliphatic carbocycles. The lowest BCUT2D eigenvalue weighted by Gasteiger charge is -2.17. The number of carbonyl (C=O) groups excluding carboxylic acids is 2. The molecule has 1 aromatic heterocycles. The van der Waals surface area contributed by atoms with E-state index in [1.807, 2.05) is 18.4 Å². The average molecular weight is 348 g/mol. The summed E-state index contributed by atoms with van der Waals surface area (Å²) in [4.78, 5) is 29.5. The smallest absolute Gasteiger partial charge is 0.287 e. The number of hydrogen-bond donors (Lipinski definition) is 2. The Morgan fingerprint density at radius 3 is 2.80 bits per heavy atom. The van der Waals surface area contributed by atoms with Crippen LogP contribution >= 0.6 is 0 Å². The number of rotatable bonds is 6. The van der Waals surface area contributed by atoms with Gasteiger partial charge in [0.25, 0.3) is 11.8 Å². The fourth-order valence-corrected chi connectivity index (χ4v) is 3.37. The van der Waals surface area contributed by atoms with Crippen LogP contribution in [-0.4, -0.2) is 47.2 Å². The van der Waals surface area contributed by atoms with E-state index in [2.05, 4.69) is 15.6 Å². The van der Waals surface area contributed by atoms with Crippen LogP contribution in [0.25, 0.3) is 0 Å². The number of nitrogens with zero attached hydrogens (tertiary/aromatic N) is 2. The predicted molar refractivity (Wildman–Crippen MR) is 93.6 cm³/mol. The van der Waals surface area contributed by atoms with Crippen LogP contribution in [0.5, 0.6) is 0 Å². The van der Waals surface area contributed by atoms with Crippen LogP contribution in [0.1, 0.15) is 66.3 Å². The topological polar surface area (TPSA) is 85.2 Å². The zero-order valence-corrected chi connectivity index (χ0v) is 15.1. The first-order chi connectivity index (χ1) is 12.1. The van der Waals surface area contributed by atoms with Crippen molar-refractivity contribution in [3.63, 3.8) is 0 Å². The molecule has 0 bridgehead atoms. The van der Waals surface area contributed by atoms with Crippen molar-refractivity contribution >= 4 is 11.8 Å². The fourth-order valence-electron chi connectivity index (χ4n) is 3.37. The maximum atomic E-state index is 12.6. The van der Waals surface area contributed by atoms with Crippen LogP contribution in [0.15, 0.2) is 0 Å². The third-order valence-electron chi connectivity index (χ3n) is 4.72. The number of amides is 2. The summed E-state index contributed by atoms with van der Waals surface area (Å²) < 4.78 is 7.46. The molecule has 2 aliphatic rings. The lowest BCUT2D eigenvalue weighted by molar-refractivity contribution is 0.0845. The summed E-state index contributed by atoms with van der Waals surface area (Å²) >= 11 is 0. The van der Waals surface area contributed by atoms with Crippen LogP contribution in [0, 0.1) is 5.92 Å². The number of hydrogen-bond acceptors (Lipinski definition) is 4. The van der Waals surface area contributed by atoms with Gasteiger partial charge >= 0.3 is 0 Å². The molecule has 1 aromatic rings. The van der Waals surface area contributed by atoms with Crippen LogP contribution in [-0.2, 0) is 17.7 Å². The molecule has 0 radical (unpaired) electrons. The van der Waals surface area contributed by atoms with Gasteiger partial charge in [-0.15, -0.1) is 0 Å². The first-order valence-corrected chi connectivity index (χ1v) is 9.33. The molecule has 138 valence electrons. The van der Waals surface area contributed by atoms with E-state index in [-0.39, 0.29) is 17.9 Å². The van der Waals surface area contributed by atoms with Gasteiger partial charge in [0, 0.05) is 26.2 Å². The summed E-state index contributed by atoms with van der Waals surface area (Å²) in [6, 6.07) is 0. The fraction of sp³-hybridized carbons (Fsp3) is 0.722. The van der Waals surface area contributed by atoms with E-state index in [1.165, 1.54) is 0 Å². The number of carbonyl (C=O) groups is 2. The summed E-state index contributed by atoms with van der Waals surface area (Å²) in [5, 5.41) is 5.83. The second-order valence-corrected chi connectivity index (χ2v) is 7.29. The molecule has 25 heavy (non-hydrogen) atoms. The molecular weight excluding hydrogens is 320 g/mol. The number of aromatic nitrogens is 2. The van der Waals surface area contributed by atoms with Gasteiger partial charge in [-0.1, -0.05) is 13.8 Å². The third-order valence-corrected chi connectivity index (χ3v) is 4.72. The highest BCUT2D eigenvalue weighted by Crippen LogP contribution is 2.21. The highest BCUT2D eigenvalue weighted by atomic mass is 16.5. The van der Waals surface area contributed by atoms with Gasteiger partial charge in [0.15, 0.2) is 5.82 Å². The average Bonchev–Trinajstić information content (AvgIpc) is 3.25. The normalized spacial score (nSPS) is 19.7. The molecule has 2 amide bonds. The number of fused-ring (bicyclic) bond motifs is 1. The number of imidazole rings is 1. The van der Waals surface area contributed by atoms with Crippen molar-refractivity contribution in [3.8, 4) is 0 Å². The molecule has 0 spiro atoms. The van der Waals surface area contributed by atoms with Crippen molar-refractivity contribution in [1.82, 2.24) is 20.2 Å². The largest absolute Gasteiger partial charge is 0.376 e. The third kappa shape index (κ3) is 4.21. The van der Waals surface area contributed by atoms with Crippen molar-refractivity contribution in [2.75, 3.05) is 19.7 Å². The van der Waals surface area contributed by atoms with Crippen molar-refractivity contribution in [2.45, 2.75) is 58.6 Å². The van der Waals surface area contributed by atoms with E-state index in [0.717, 1.165) is 50.9 Å². The SMILES string of the molecule is CC(C)CNC(=O)c1nc(C(=O)NCC2CCCO2)n2c1CCCC2. The van der Waals surface area contributed by atoms with Gasteiger partial charge in [-0.25, -0.2) is 4.98 Å².